The lowest BCUT2D eigenvalue weighted by Crippen LogP contribution is -2.26. The van der Waals surface area contributed by atoms with Gasteiger partial charge in [0.1, 0.15) is 5.82 Å². The monoisotopic (exact) mass is 273 g/mol. The molecule has 3 nitrogen and oxygen atoms in total. The summed E-state index contributed by atoms with van der Waals surface area (Å²) in [5, 5.41) is 3.31. The lowest BCUT2D eigenvalue weighted by atomic mass is 9.85. The van der Waals surface area contributed by atoms with Gasteiger partial charge in [-0.2, -0.15) is 0 Å². The van der Waals surface area contributed by atoms with Crippen LogP contribution in [0.1, 0.15) is 61.3 Å². The Morgan fingerprint density at radius 3 is 2.75 bits per heavy atom. The first-order valence-corrected chi connectivity index (χ1v) is 8.18. The van der Waals surface area contributed by atoms with E-state index in [2.05, 4.69) is 19.2 Å². The number of nitrogens with one attached hydrogen (secondary N) is 1. The lowest BCUT2D eigenvalue weighted by Gasteiger charge is -2.26. The Labute approximate surface area is 122 Å². The predicted molar refractivity (Wildman–Crippen MR) is 82.0 cm³/mol. The van der Waals surface area contributed by atoms with E-state index in [1.165, 1.54) is 42.6 Å². The predicted octanol–water partition coefficient (Wildman–Crippen LogP) is 3.01. The van der Waals surface area contributed by atoms with Gasteiger partial charge in [0.2, 0.25) is 0 Å². The summed E-state index contributed by atoms with van der Waals surface area (Å²) in [5.41, 5.74) is 4.02. The minimum atomic E-state index is 0.615. The van der Waals surface area contributed by atoms with Gasteiger partial charge >= 0.3 is 0 Å². The molecule has 1 aromatic heterocycles. The highest BCUT2D eigenvalue weighted by Gasteiger charge is 2.28. The summed E-state index contributed by atoms with van der Waals surface area (Å²) < 4.78 is 0. The first-order chi connectivity index (χ1) is 9.67. The van der Waals surface area contributed by atoms with E-state index in [1.54, 1.807) is 0 Å². The fraction of sp³-hybridized carbons (Fsp3) is 0.765. The highest BCUT2D eigenvalue weighted by Crippen LogP contribution is 2.37. The third-order valence-corrected chi connectivity index (χ3v) is 5.15. The van der Waals surface area contributed by atoms with Crippen molar-refractivity contribution in [2.45, 2.75) is 58.3 Å². The Morgan fingerprint density at radius 1 is 1.20 bits per heavy atom. The summed E-state index contributed by atoms with van der Waals surface area (Å²) in [5.74, 6) is 3.36. The summed E-state index contributed by atoms with van der Waals surface area (Å²) >= 11 is 0. The van der Waals surface area contributed by atoms with Gasteiger partial charge in [0.25, 0.3) is 0 Å². The quantitative estimate of drug-likeness (QED) is 0.920. The zero-order valence-corrected chi connectivity index (χ0v) is 13.1. The molecule has 0 spiro atoms. The van der Waals surface area contributed by atoms with E-state index in [-0.39, 0.29) is 0 Å². The molecule has 0 aliphatic heterocycles. The van der Waals surface area contributed by atoms with Crippen LogP contribution in [0.5, 0.6) is 0 Å². The fourth-order valence-electron chi connectivity index (χ4n) is 3.97. The number of aryl methyl sites for hydroxylation is 2. The number of aromatic nitrogens is 2. The number of hydrogen-bond donors (Lipinski definition) is 1. The van der Waals surface area contributed by atoms with Gasteiger partial charge in [0.15, 0.2) is 0 Å². The molecule has 2 aliphatic rings. The average molecular weight is 273 g/mol. The van der Waals surface area contributed by atoms with E-state index >= 15 is 0 Å². The lowest BCUT2D eigenvalue weighted by molar-refractivity contribution is 0.430. The second-order valence-electron chi connectivity index (χ2n) is 6.87. The summed E-state index contributed by atoms with van der Waals surface area (Å²) in [4.78, 5) is 9.82. The van der Waals surface area contributed by atoms with E-state index in [1.807, 2.05) is 7.05 Å². The van der Waals surface area contributed by atoms with Crippen molar-refractivity contribution in [3.05, 3.63) is 22.8 Å². The minimum absolute atomic E-state index is 0.615. The number of hydrogen-bond acceptors (Lipinski definition) is 3. The Hall–Kier alpha value is -0.960. The molecule has 1 fully saturated rings. The summed E-state index contributed by atoms with van der Waals surface area (Å²) in [6, 6.07) is 0. The normalized spacial score (nSPS) is 29.4. The van der Waals surface area contributed by atoms with Gasteiger partial charge in [-0.05, 0) is 76.4 Å². The molecule has 0 aromatic carbocycles. The van der Waals surface area contributed by atoms with Crippen LogP contribution in [0.3, 0.4) is 0 Å². The smallest absolute Gasteiger partial charge is 0.131 e. The van der Waals surface area contributed by atoms with E-state index < -0.39 is 0 Å². The molecule has 3 rings (SSSR count). The van der Waals surface area contributed by atoms with Crippen molar-refractivity contribution in [1.29, 1.82) is 0 Å². The molecule has 3 heteroatoms. The molecule has 0 bridgehead atoms. The topological polar surface area (TPSA) is 37.8 Å². The van der Waals surface area contributed by atoms with E-state index in [0.29, 0.717) is 5.92 Å². The molecule has 0 radical (unpaired) electrons. The molecule has 110 valence electrons. The molecule has 3 unspecified atom stereocenters. The van der Waals surface area contributed by atoms with Crippen molar-refractivity contribution in [3.8, 4) is 0 Å². The molecule has 0 amide bonds. The van der Waals surface area contributed by atoms with Crippen LogP contribution in [0.4, 0.5) is 0 Å². The minimum Gasteiger partial charge on any atom is -0.319 e. The van der Waals surface area contributed by atoms with Gasteiger partial charge in [-0.3, -0.25) is 0 Å². The van der Waals surface area contributed by atoms with Gasteiger partial charge in [0, 0.05) is 17.3 Å². The van der Waals surface area contributed by atoms with Crippen molar-refractivity contribution in [2.75, 3.05) is 13.6 Å². The average Bonchev–Trinajstić information content (AvgIpc) is 2.86. The van der Waals surface area contributed by atoms with Crippen LogP contribution < -0.4 is 5.32 Å². The Bertz CT molecular complexity index is 483. The molecule has 1 heterocycles. The van der Waals surface area contributed by atoms with Gasteiger partial charge < -0.3 is 5.32 Å². The van der Waals surface area contributed by atoms with Crippen molar-refractivity contribution in [2.24, 2.45) is 11.8 Å². The van der Waals surface area contributed by atoms with Crippen LogP contribution in [0.25, 0.3) is 0 Å². The molecule has 3 atom stereocenters. The van der Waals surface area contributed by atoms with E-state index in [0.717, 1.165) is 37.0 Å². The Morgan fingerprint density at radius 2 is 2.05 bits per heavy atom. The van der Waals surface area contributed by atoms with Crippen LogP contribution in [0, 0.1) is 18.8 Å². The molecule has 20 heavy (non-hydrogen) atoms. The molecule has 1 aromatic rings. The first-order valence-electron chi connectivity index (χ1n) is 8.18. The second-order valence-corrected chi connectivity index (χ2v) is 6.87. The van der Waals surface area contributed by atoms with Crippen LogP contribution >= 0.6 is 0 Å². The molecular formula is C17H27N3. The first kappa shape index (κ1) is 14.0. The highest BCUT2D eigenvalue weighted by atomic mass is 14.9. The largest absolute Gasteiger partial charge is 0.319 e. The number of rotatable bonds is 3. The molecule has 2 aliphatic carbocycles. The standard InChI is InChI=1S/C17H27N3/c1-11-4-6-14(8-11)17-19-12(2)15-9-13(10-18-3)5-7-16(15)20-17/h11,13-14,18H,4-10H2,1-3H3. The van der Waals surface area contributed by atoms with Crippen LogP contribution in [0.2, 0.25) is 0 Å². The summed E-state index contributed by atoms with van der Waals surface area (Å²) in [7, 11) is 2.04. The van der Waals surface area contributed by atoms with Gasteiger partial charge in [-0.1, -0.05) is 6.92 Å². The molecule has 1 saturated carbocycles. The Balaban J connectivity index is 1.83. The maximum absolute atomic E-state index is 4.95. The second kappa shape index (κ2) is 5.80. The van der Waals surface area contributed by atoms with Gasteiger partial charge in [0.05, 0.1) is 0 Å². The van der Waals surface area contributed by atoms with Gasteiger partial charge in [-0.15, -0.1) is 0 Å². The van der Waals surface area contributed by atoms with Crippen LogP contribution in [-0.4, -0.2) is 23.6 Å². The third-order valence-electron chi connectivity index (χ3n) is 5.15. The zero-order valence-electron chi connectivity index (χ0n) is 13.1. The van der Waals surface area contributed by atoms with Crippen molar-refractivity contribution in [1.82, 2.24) is 15.3 Å². The van der Waals surface area contributed by atoms with Crippen molar-refractivity contribution in [3.63, 3.8) is 0 Å². The van der Waals surface area contributed by atoms with Crippen LogP contribution in [0.15, 0.2) is 0 Å². The Kier molecular flexibility index (Phi) is 4.06. The summed E-state index contributed by atoms with van der Waals surface area (Å²) in [6.07, 6.45) is 7.46. The van der Waals surface area contributed by atoms with Crippen LogP contribution in [-0.2, 0) is 12.8 Å². The maximum Gasteiger partial charge on any atom is 0.131 e. The van der Waals surface area contributed by atoms with E-state index in [9.17, 15) is 0 Å². The van der Waals surface area contributed by atoms with Crippen molar-refractivity contribution >= 4 is 0 Å². The van der Waals surface area contributed by atoms with Gasteiger partial charge in [-0.25, -0.2) is 9.97 Å². The number of fused-ring (bicyclic) bond motifs is 1. The SMILES string of the molecule is CNCC1CCc2nc(C3CCC(C)C3)nc(C)c2C1. The van der Waals surface area contributed by atoms with E-state index in [4.69, 9.17) is 9.97 Å². The molecule has 0 saturated heterocycles. The maximum atomic E-state index is 4.95. The third kappa shape index (κ3) is 2.73. The molecular weight excluding hydrogens is 246 g/mol. The highest BCUT2D eigenvalue weighted by molar-refractivity contribution is 5.29. The number of nitrogens with zero attached hydrogens (tertiary/aromatic N) is 2. The zero-order chi connectivity index (χ0) is 14.1. The summed E-state index contributed by atoms with van der Waals surface area (Å²) in [6.45, 7) is 5.65. The van der Waals surface area contributed by atoms with Crippen molar-refractivity contribution < 1.29 is 0 Å². The fourth-order valence-corrected chi connectivity index (χ4v) is 3.97. The molecule has 1 N–H and O–H groups in total.